The van der Waals surface area contributed by atoms with E-state index < -0.39 is 0 Å². The summed E-state index contributed by atoms with van der Waals surface area (Å²) in [6.07, 6.45) is 6.43. The minimum absolute atomic E-state index is 0.150. The average molecular weight is 241 g/mol. The predicted octanol–water partition coefficient (Wildman–Crippen LogP) is 4.73. The van der Waals surface area contributed by atoms with E-state index >= 15 is 0 Å². The minimum atomic E-state index is -0.150. The first-order valence-electron chi connectivity index (χ1n) is 6.12. The van der Waals surface area contributed by atoms with Crippen LogP contribution in [0.2, 0.25) is 0 Å². The minimum Gasteiger partial charge on any atom is -0.207 e. The Hall–Kier alpha value is -0.560. The van der Waals surface area contributed by atoms with Crippen molar-refractivity contribution in [2.45, 2.75) is 38.0 Å². The predicted molar refractivity (Wildman–Crippen MR) is 66.4 cm³/mol. The van der Waals surface area contributed by atoms with Crippen molar-refractivity contribution in [3.05, 3.63) is 35.6 Å². The summed E-state index contributed by atoms with van der Waals surface area (Å²) in [6.45, 7) is 0. The van der Waals surface area contributed by atoms with Crippen molar-refractivity contribution in [1.29, 1.82) is 0 Å². The monoisotopic (exact) mass is 240 g/mol. The van der Waals surface area contributed by atoms with Gasteiger partial charge in [0.25, 0.3) is 0 Å². The van der Waals surface area contributed by atoms with Crippen molar-refractivity contribution in [2.75, 3.05) is 5.88 Å². The highest BCUT2D eigenvalue weighted by atomic mass is 35.5. The molecule has 1 aromatic carbocycles. The summed E-state index contributed by atoms with van der Waals surface area (Å²) in [4.78, 5) is 0. The van der Waals surface area contributed by atoms with Crippen LogP contribution in [0.3, 0.4) is 0 Å². The number of hydrogen-bond donors (Lipinski definition) is 0. The molecule has 0 spiro atoms. The van der Waals surface area contributed by atoms with Crippen LogP contribution in [0, 0.1) is 11.7 Å². The van der Waals surface area contributed by atoms with Crippen LogP contribution >= 0.6 is 11.6 Å². The van der Waals surface area contributed by atoms with Crippen molar-refractivity contribution in [2.24, 2.45) is 5.92 Å². The molecule has 0 N–H and O–H groups in total. The summed E-state index contributed by atoms with van der Waals surface area (Å²) < 4.78 is 13.2. The van der Waals surface area contributed by atoms with Crippen LogP contribution in [0.1, 0.15) is 43.6 Å². The van der Waals surface area contributed by atoms with Crippen LogP contribution in [0.5, 0.6) is 0 Å². The molecule has 1 atom stereocenters. The summed E-state index contributed by atoms with van der Waals surface area (Å²) in [5, 5.41) is 0. The average Bonchev–Trinajstić information content (AvgIpc) is 2.31. The van der Waals surface area contributed by atoms with Crippen molar-refractivity contribution in [1.82, 2.24) is 0 Å². The molecule has 1 aromatic rings. The van der Waals surface area contributed by atoms with Crippen molar-refractivity contribution >= 4 is 11.6 Å². The van der Waals surface area contributed by atoms with E-state index in [1.807, 2.05) is 6.07 Å². The zero-order valence-corrected chi connectivity index (χ0v) is 10.2. The van der Waals surface area contributed by atoms with Gasteiger partial charge in [-0.1, -0.05) is 31.4 Å². The molecule has 1 saturated carbocycles. The lowest BCUT2D eigenvalue weighted by Gasteiger charge is -2.29. The SMILES string of the molecule is Fc1cccc(C(CCl)C2CCCCC2)c1. The normalized spacial score (nSPS) is 19.6. The zero-order valence-electron chi connectivity index (χ0n) is 9.46. The molecule has 0 heterocycles. The molecule has 0 aliphatic heterocycles. The van der Waals surface area contributed by atoms with Gasteiger partial charge in [0, 0.05) is 11.8 Å². The largest absolute Gasteiger partial charge is 0.207 e. The lowest BCUT2D eigenvalue weighted by Crippen LogP contribution is -2.17. The molecule has 0 amide bonds. The third kappa shape index (κ3) is 2.76. The van der Waals surface area contributed by atoms with Crippen molar-refractivity contribution in [3.63, 3.8) is 0 Å². The van der Waals surface area contributed by atoms with Gasteiger partial charge in [-0.25, -0.2) is 4.39 Å². The van der Waals surface area contributed by atoms with E-state index in [-0.39, 0.29) is 5.82 Å². The van der Waals surface area contributed by atoms with Crippen LogP contribution in [0.4, 0.5) is 4.39 Å². The van der Waals surface area contributed by atoms with Crippen molar-refractivity contribution < 1.29 is 4.39 Å². The summed E-state index contributed by atoms with van der Waals surface area (Å²) in [7, 11) is 0. The lowest BCUT2D eigenvalue weighted by atomic mass is 9.78. The third-order valence-electron chi connectivity index (χ3n) is 3.66. The highest BCUT2D eigenvalue weighted by molar-refractivity contribution is 6.18. The number of rotatable bonds is 3. The Morgan fingerprint density at radius 2 is 2.00 bits per heavy atom. The summed E-state index contributed by atoms with van der Waals surface area (Å²) in [5.74, 6) is 1.43. The van der Waals surface area contributed by atoms with Crippen LogP contribution in [-0.4, -0.2) is 5.88 Å². The van der Waals surface area contributed by atoms with E-state index in [0.717, 1.165) is 5.56 Å². The molecule has 0 nitrogen and oxygen atoms in total. The molecule has 1 aliphatic rings. The first-order valence-corrected chi connectivity index (χ1v) is 6.66. The maximum absolute atomic E-state index is 13.2. The van der Waals surface area contributed by atoms with E-state index in [1.54, 1.807) is 12.1 Å². The first-order chi connectivity index (χ1) is 7.81. The lowest BCUT2D eigenvalue weighted by molar-refractivity contribution is 0.317. The first kappa shape index (κ1) is 11.9. The van der Waals surface area contributed by atoms with Gasteiger partial charge in [0.05, 0.1) is 0 Å². The number of hydrogen-bond acceptors (Lipinski definition) is 0. The molecule has 1 aliphatic carbocycles. The second-order valence-electron chi connectivity index (χ2n) is 4.71. The Bertz CT molecular complexity index is 331. The second-order valence-corrected chi connectivity index (χ2v) is 5.02. The Balaban J connectivity index is 2.14. The molecule has 0 bridgehead atoms. The van der Waals surface area contributed by atoms with E-state index in [1.165, 1.54) is 38.2 Å². The Morgan fingerprint density at radius 3 is 2.62 bits per heavy atom. The molecule has 0 aromatic heterocycles. The third-order valence-corrected chi connectivity index (χ3v) is 3.99. The maximum Gasteiger partial charge on any atom is 0.123 e. The molecule has 2 heteroatoms. The van der Waals surface area contributed by atoms with Crippen LogP contribution < -0.4 is 0 Å². The van der Waals surface area contributed by atoms with E-state index in [2.05, 4.69) is 0 Å². The fourth-order valence-corrected chi connectivity index (χ4v) is 3.19. The summed E-state index contributed by atoms with van der Waals surface area (Å²) in [5.41, 5.74) is 1.07. The Kier molecular flexibility index (Phi) is 4.22. The van der Waals surface area contributed by atoms with Gasteiger partial charge in [-0.15, -0.1) is 11.6 Å². The van der Waals surface area contributed by atoms with Crippen LogP contribution in [-0.2, 0) is 0 Å². The van der Waals surface area contributed by atoms with Crippen LogP contribution in [0.25, 0.3) is 0 Å². The molecule has 16 heavy (non-hydrogen) atoms. The summed E-state index contributed by atoms with van der Waals surface area (Å²) in [6, 6.07) is 6.93. The number of alkyl halides is 1. The molecule has 0 radical (unpaired) electrons. The Morgan fingerprint density at radius 1 is 1.25 bits per heavy atom. The van der Waals surface area contributed by atoms with Gasteiger partial charge in [-0.2, -0.15) is 0 Å². The van der Waals surface area contributed by atoms with Gasteiger partial charge < -0.3 is 0 Å². The standard InChI is InChI=1S/C14H18ClF/c15-10-14(11-5-2-1-3-6-11)12-7-4-8-13(16)9-12/h4,7-9,11,14H,1-3,5-6,10H2. The quantitative estimate of drug-likeness (QED) is 0.670. The van der Waals surface area contributed by atoms with E-state index in [4.69, 9.17) is 11.6 Å². The van der Waals surface area contributed by atoms with Gasteiger partial charge in [0.2, 0.25) is 0 Å². The van der Waals surface area contributed by atoms with Gasteiger partial charge in [-0.3, -0.25) is 0 Å². The highest BCUT2D eigenvalue weighted by Gasteiger charge is 2.24. The molecule has 88 valence electrons. The molecule has 1 fully saturated rings. The second kappa shape index (κ2) is 5.67. The van der Waals surface area contributed by atoms with Gasteiger partial charge in [0.15, 0.2) is 0 Å². The van der Waals surface area contributed by atoms with Gasteiger partial charge in [-0.05, 0) is 36.5 Å². The Labute approximate surface area is 102 Å². The fraction of sp³-hybridized carbons (Fsp3) is 0.571. The molecule has 0 saturated heterocycles. The highest BCUT2D eigenvalue weighted by Crippen LogP contribution is 2.36. The smallest absolute Gasteiger partial charge is 0.123 e. The number of benzene rings is 1. The van der Waals surface area contributed by atoms with Gasteiger partial charge >= 0.3 is 0 Å². The fourth-order valence-electron chi connectivity index (χ4n) is 2.76. The van der Waals surface area contributed by atoms with Gasteiger partial charge in [0.1, 0.15) is 5.82 Å². The van der Waals surface area contributed by atoms with Crippen LogP contribution in [0.15, 0.2) is 24.3 Å². The van der Waals surface area contributed by atoms with Crippen molar-refractivity contribution in [3.8, 4) is 0 Å². The zero-order chi connectivity index (χ0) is 11.4. The molecule has 1 unspecified atom stereocenters. The topological polar surface area (TPSA) is 0 Å². The molecular formula is C14H18ClF. The maximum atomic E-state index is 13.2. The molecular weight excluding hydrogens is 223 g/mol. The number of halogens is 2. The molecule has 2 rings (SSSR count). The summed E-state index contributed by atoms with van der Waals surface area (Å²) >= 11 is 6.07. The van der Waals surface area contributed by atoms with E-state index in [0.29, 0.717) is 17.7 Å². The van der Waals surface area contributed by atoms with E-state index in [9.17, 15) is 4.39 Å².